The Hall–Kier alpha value is -2.49. The zero-order valence-corrected chi connectivity index (χ0v) is 18.0. The number of benzene rings is 3. The minimum absolute atomic E-state index is 0. The van der Waals surface area contributed by atoms with Gasteiger partial charge in [0.05, 0.1) is 13.7 Å². The van der Waals surface area contributed by atoms with E-state index in [2.05, 4.69) is 77.7 Å². The van der Waals surface area contributed by atoms with Crippen LogP contribution in [0.5, 0.6) is 11.5 Å². The zero-order chi connectivity index (χ0) is 19.6. The van der Waals surface area contributed by atoms with Crippen LogP contribution in [0.15, 0.2) is 78.9 Å². The quantitative estimate of drug-likeness (QED) is 0.423. The Morgan fingerprint density at radius 3 is 1.97 bits per heavy atom. The monoisotopic (exact) mass is 411 g/mol. The molecule has 3 rings (SSSR count). The molecule has 0 amide bonds. The average molecular weight is 412 g/mol. The van der Waals surface area contributed by atoms with Crippen molar-refractivity contribution in [2.24, 2.45) is 0 Å². The fourth-order valence-electron chi connectivity index (χ4n) is 3.33. The summed E-state index contributed by atoms with van der Waals surface area (Å²) < 4.78 is 11.2. The van der Waals surface area contributed by atoms with Gasteiger partial charge in [-0.2, -0.15) is 0 Å². The molecule has 0 N–H and O–H groups in total. The third-order valence-electron chi connectivity index (χ3n) is 4.74. The smallest absolute Gasteiger partial charge is 0.161 e. The van der Waals surface area contributed by atoms with Crippen LogP contribution in [0.1, 0.15) is 23.6 Å². The lowest BCUT2D eigenvalue weighted by atomic mass is 10.1. The Kier molecular flexibility index (Phi) is 9.55. The first-order chi connectivity index (χ1) is 13.8. The van der Waals surface area contributed by atoms with Crippen molar-refractivity contribution < 1.29 is 9.47 Å². The van der Waals surface area contributed by atoms with Gasteiger partial charge in [0.2, 0.25) is 0 Å². The Morgan fingerprint density at radius 1 is 0.724 bits per heavy atom. The maximum absolute atomic E-state index is 5.75. The van der Waals surface area contributed by atoms with Crippen LogP contribution in [0, 0.1) is 0 Å². The lowest BCUT2D eigenvalue weighted by Gasteiger charge is -2.23. The van der Waals surface area contributed by atoms with E-state index in [9.17, 15) is 0 Å². The largest absolute Gasteiger partial charge is 0.493 e. The van der Waals surface area contributed by atoms with Gasteiger partial charge >= 0.3 is 0 Å². The van der Waals surface area contributed by atoms with E-state index in [1.54, 1.807) is 7.11 Å². The highest BCUT2D eigenvalue weighted by Crippen LogP contribution is 2.28. The third-order valence-corrected chi connectivity index (χ3v) is 4.74. The van der Waals surface area contributed by atoms with E-state index in [1.165, 1.54) is 16.7 Å². The average Bonchev–Trinajstić information content (AvgIpc) is 2.74. The molecule has 0 bridgehead atoms. The number of ether oxygens (including phenoxy) is 2. The molecule has 0 aliphatic rings. The highest BCUT2D eigenvalue weighted by molar-refractivity contribution is 5.85. The van der Waals surface area contributed by atoms with Gasteiger partial charge in [-0.25, -0.2) is 0 Å². The van der Waals surface area contributed by atoms with Gasteiger partial charge in [0.25, 0.3) is 0 Å². The van der Waals surface area contributed by atoms with Crippen LogP contribution in [-0.4, -0.2) is 25.2 Å². The highest BCUT2D eigenvalue weighted by Gasteiger charge is 2.11. The number of methoxy groups -OCH3 is 1. The standard InChI is InChI=1S/C25H29NO2.ClH/c1-3-28-25-18-23(14-15-24(25)27-2)20-26(19-22-12-8-5-9-13-22)17-16-21-10-6-4-7-11-21;/h4-15,18H,3,16-17,19-20H2,1-2H3;1H. The number of rotatable bonds is 10. The molecule has 4 heteroatoms. The number of hydrogen-bond donors (Lipinski definition) is 0. The van der Waals surface area contributed by atoms with Crippen molar-refractivity contribution in [3.63, 3.8) is 0 Å². The SMILES string of the molecule is CCOc1cc(CN(CCc2ccccc2)Cc2ccccc2)ccc1OC.Cl. The van der Waals surface area contributed by atoms with Crippen LogP contribution >= 0.6 is 12.4 Å². The fraction of sp³-hybridized carbons (Fsp3) is 0.280. The number of nitrogens with zero attached hydrogens (tertiary/aromatic N) is 1. The van der Waals surface area contributed by atoms with Crippen LogP contribution in [-0.2, 0) is 19.5 Å². The maximum Gasteiger partial charge on any atom is 0.161 e. The molecular weight excluding hydrogens is 382 g/mol. The molecule has 3 aromatic carbocycles. The van der Waals surface area contributed by atoms with Gasteiger partial charge in [-0.05, 0) is 42.2 Å². The van der Waals surface area contributed by atoms with Gasteiger partial charge < -0.3 is 9.47 Å². The van der Waals surface area contributed by atoms with Gasteiger partial charge in [-0.15, -0.1) is 12.4 Å². The molecule has 0 unspecified atom stereocenters. The summed E-state index contributed by atoms with van der Waals surface area (Å²) in [4.78, 5) is 2.49. The van der Waals surface area contributed by atoms with Gasteiger partial charge in [-0.3, -0.25) is 4.90 Å². The molecule has 0 aromatic heterocycles. The third kappa shape index (κ3) is 7.12. The number of hydrogen-bond acceptors (Lipinski definition) is 3. The Morgan fingerprint density at radius 2 is 1.34 bits per heavy atom. The van der Waals surface area contributed by atoms with E-state index < -0.39 is 0 Å². The van der Waals surface area contributed by atoms with Crippen molar-refractivity contribution in [1.29, 1.82) is 0 Å². The summed E-state index contributed by atoms with van der Waals surface area (Å²) in [5.41, 5.74) is 3.92. The van der Waals surface area contributed by atoms with Crippen molar-refractivity contribution in [2.45, 2.75) is 26.4 Å². The summed E-state index contributed by atoms with van der Waals surface area (Å²) in [6.07, 6.45) is 1.03. The van der Waals surface area contributed by atoms with Crippen molar-refractivity contribution in [2.75, 3.05) is 20.3 Å². The topological polar surface area (TPSA) is 21.7 Å². The second kappa shape index (κ2) is 12.2. The molecule has 0 atom stereocenters. The molecule has 29 heavy (non-hydrogen) atoms. The first kappa shape index (κ1) is 22.8. The summed E-state index contributed by atoms with van der Waals surface area (Å²) in [6.45, 7) is 5.40. The molecule has 0 spiro atoms. The van der Waals surface area contributed by atoms with Crippen LogP contribution in [0.3, 0.4) is 0 Å². The molecular formula is C25H30ClNO2. The van der Waals surface area contributed by atoms with Crippen LogP contribution in [0.25, 0.3) is 0 Å². The van der Waals surface area contributed by atoms with Crippen molar-refractivity contribution >= 4 is 12.4 Å². The Bertz CT molecular complexity index is 840. The zero-order valence-electron chi connectivity index (χ0n) is 17.2. The summed E-state index contributed by atoms with van der Waals surface area (Å²) in [5, 5.41) is 0. The lowest BCUT2D eigenvalue weighted by Crippen LogP contribution is -2.25. The van der Waals surface area contributed by atoms with Crippen LogP contribution in [0.2, 0.25) is 0 Å². The molecule has 154 valence electrons. The minimum atomic E-state index is 0. The summed E-state index contributed by atoms with van der Waals surface area (Å²) in [7, 11) is 1.68. The van der Waals surface area contributed by atoms with Crippen molar-refractivity contribution in [3.05, 3.63) is 95.6 Å². The van der Waals surface area contributed by atoms with E-state index >= 15 is 0 Å². The molecule has 3 nitrogen and oxygen atoms in total. The van der Waals surface area contributed by atoms with Gasteiger partial charge in [0.15, 0.2) is 11.5 Å². The molecule has 0 heterocycles. The van der Waals surface area contributed by atoms with Crippen molar-refractivity contribution in [1.82, 2.24) is 4.90 Å². The summed E-state index contributed by atoms with van der Waals surface area (Å²) >= 11 is 0. The molecule has 0 radical (unpaired) electrons. The van der Waals surface area contributed by atoms with Crippen LogP contribution < -0.4 is 9.47 Å². The summed E-state index contributed by atoms with van der Waals surface area (Å²) in [5.74, 6) is 1.59. The molecule has 0 aliphatic heterocycles. The Labute approximate surface area is 180 Å². The minimum Gasteiger partial charge on any atom is -0.493 e. The van der Waals surface area contributed by atoms with E-state index in [4.69, 9.17) is 9.47 Å². The van der Waals surface area contributed by atoms with Gasteiger partial charge in [-0.1, -0.05) is 66.7 Å². The molecule has 0 aliphatic carbocycles. The van der Waals surface area contributed by atoms with E-state index in [0.29, 0.717) is 6.61 Å². The highest BCUT2D eigenvalue weighted by atomic mass is 35.5. The second-order valence-electron chi connectivity index (χ2n) is 6.85. The van der Waals surface area contributed by atoms with Crippen molar-refractivity contribution in [3.8, 4) is 11.5 Å². The first-order valence-electron chi connectivity index (χ1n) is 9.88. The van der Waals surface area contributed by atoms with Gasteiger partial charge in [0, 0.05) is 19.6 Å². The lowest BCUT2D eigenvalue weighted by molar-refractivity contribution is 0.258. The second-order valence-corrected chi connectivity index (χ2v) is 6.85. The van der Waals surface area contributed by atoms with E-state index in [-0.39, 0.29) is 12.4 Å². The van der Waals surface area contributed by atoms with E-state index in [1.807, 2.05) is 13.0 Å². The summed E-state index contributed by atoms with van der Waals surface area (Å²) in [6, 6.07) is 27.5. The van der Waals surface area contributed by atoms with E-state index in [0.717, 1.165) is 37.6 Å². The normalized spacial score (nSPS) is 10.4. The predicted octanol–water partition coefficient (Wildman–Crippen LogP) is 5.76. The Balaban J connectivity index is 0.00000300. The predicted molar refractivity (Wildman–Crippen MR) is 122 cm³/mol. The molecule has 0 saturated heterocycles. The van der Waals surface area contributed by atoms with Gasteiger partial charge in [0.1, 0.15) is 0 Å². The molecule has 0 saturated carbocycles. The molecule has 0 fully saturated rings. The fourth-order valence-corrected chi connectivity index (χ4v) is 3.33. The number of halogens is 1. The first-order valence-corrected chi connectivity index (χ1v) is 9.88. The maximum atomic E-state index is 5.75. The molecule has 3 aromatic rings. The van der Waals surface area contributed by atoms with Crippen LogP contribution in [0.4, 0.5) is 0 Å².